The number of carboxylic acids is 1. The van der Waals surface area contributed by atoms with Gasteiger partial charge in [-0.25, -0.2) is 24.5 Å². The summed E-state index contributed by atoms with van der Waals surface area (Å²) in [6.07, 6.45) is 1.93. The molecule has 2 amide bonds. The topological polar surface area (TPSA) is 108 Å². The average Bonchev–Trinajstić information content (AvgIpc) is 3.32. The van der Waals surface area contributed by atoms with Gasteiger partial charge < -0.3 is 10.0 Å². The molecular formula is C18H23N5O3S. The molecule has 8 nitrogen and oxygen atoms in total. The summed E-state index contributed by atoms with van der Waals surface area (Å²) in [5.74, 6) is -2.01. The smallest absolute Gasteiger partial charge is 0.326 e. The van der Waals surface area contributed by atoms with Crippen LogP contribution < -0.4 is 5.32 Å². The first-order valence-corrected chi connectivity index (χ1v) is 8.85. The van der Waals surface area contributed by atoms with E-state index in [-0.39, 0.29) is 17.4 Å². The predicted molar refractivity (Wildman–Crippen MR) is 103 cm³/mol. The van der Waals surface area contributed by atoms with E-state index in [4.69, 9.17) is 12.3 Å². The maximum absolute atomic E-state index is 12.6. The number of amides is 2. The maximum atomic E-state index is 12.6. The lowest BCUT2D eigenvalue weighted by Gasteiger charge is -2.20. The van der Waals surface area contributed by atoms with Gasteiger partial charge in [-0.2, -0.15) is 0 Å². The van der Waals surface area contributed by atoms with E-state index in [1.54, 1.807) is 6.92 Å². The lowest BCUT2D eigenvalue weighted by molar-refractivity contribution is -0.141. The third-order valence-corrected chi connectivity index (χ3v) is 5.13. The van der Waals surface area contributed by atoms with Crippen molar-refractivity contribution in [1.29, 1.82) is 0 Å². The molecule has 27 heavy (non-hydrogen) atoms. The summed E-state index contributed by atoms with van der Waals surface area (Å²) in [5.41, 5.74) is -3.01. The lowest BCUT2D eigenvalue weighted by atomic mass is 9.95. The first kappa shape index (κ1) is 10.7. The number of aliphatic carboxylic acids is 1. The molecule has 0 aromatic carbocycles. The number of carbonyl (C=O) groups is 2. The number of urea groups is 1. The Hall–Kier alpha value is -2.55. The van der Waals surface area contributed by atoms with Gasteiger partial charge in [-0.15, -0.1) is 0 Å². The van der Waals surface area contributed by atoms with Crippen molar-refractivity contribution in [2.45, 2.75) is 51.8 Å². The highest BCUT2D eigenvalue weighted by molar-refractivity contribution is 7.19. The van der Waals surface area contributed by atoms with Crippen molar-refractivity contribution < 1.29 is 27.0 Å². The molecule has 1 fully saturated rings. The largest absolute Gasteiger partial charge is 0.480 e. The number of aromatic nitrogens is 3. The summed E-state index contributed by atoms with van der Waals surface area (Å²) in [7, 11) is 0. The fourth-order valence-electron chi connectivity index (χ4n) is 2.78. The Labute approximate surface area is 174 Å². The molecule has 0 aliphatic carbocycles. The van der Waals surface area contributed by atoms with Gasteiger partial charge >= 0.3 is 12.0 Å². The van der Waals surface area contributed by atoms with E-state index in [0.29, 0.717) is 23.4 Å². The summed E-state index contributed by atoms with van der Waals surface area (Å²) in [5, 5.41) is 11.9. The zero-order valence-corrected chi connectivity index (χ0v) is 15.1. The number of carboxylic acid groups (broad SMARTS) is 1. The number of anilines is 1. The Morgan fingerprint density at radius 2 is 2.19 bits per heavy atom. The van der Waals surface area contributed by atoms with Crippen LogP contribution in [0.4, 0.5) is 9.93 Å². The van der Waals surface area contributed by atoms with Gasteiger partial charge in [-0.05, 0) is 25.8 Å². The molecule has 0 spiro atoms. The van der Waals surface area contributed by atoms with Crippen LogP contribution >= 0.6 is 11.3 Å². The van der Waals surface area contributed by atoms with Crippen molar-refractivity contribution in [2.75, 3.05) is 11.9 Å². The summed E-state index contributed by atoms with van der Waals surface area (Å²) in [6.45, 7) is -8.72. The highest BCUT2D eigenvalue weighted by Gasteiger charge is 2.34. The summed E-state index contributed by atoms with van der Waals surface area (Å²) < 4.78 is 70.6. The van der Waals surface area contributed by atoms with Gasteiger partial charge in [0.2, 0.25) is 0 Å². The molecule has 9 heteroatoms. The first-order valence-electron chi connectivity index (χ1n) is 12.5. The Balaban J connectivity index is 2.02. The maximum Gasteiger partial charge on any atom is 0.326 e. The van der Waals surface area contributed by atoms with Crippen molar-refractivity contribution >= 4 is 28.5 Å². The molecule has 2 aromatic heterocycles. The third kappa shape index (κ3) is 4.08. The van der Waals surface area contributed by atoms with Crippen molar-refractivity contribution in [3.8, 4) is 10.6 Å². The average molecular weight is 399 g/mol. The fourth-order valence-corrected chi connectivity index (χ4v) is 3.71. The molecule has 0 radical (unpaired) electrons. The monoisotopic (exact) mass is 398 g/mol. The van der Waals surface area contributed by atoms with Gasteiger partial charge in [0, 0.05) is 30.5 Å². The molecule has 3 heterocycles. The van der Waals surface area contributed by atoms with E-state index in [9.17, 15) is 14.7 Å². The van der Waals surface area contributed by atoms with Crippen LogP contribution in [0, 0.1) is 6.92 Å². The Morgan fingerprint density at radius 3 is 2.89 bits per heavy atom. The van der Waals surface area contributed by atoms with E-state index in [1.807, 2.05) is 0 Å². The molecule has 2 aromatic rings. The minimum atomic E-state index is -3.51. The number of thiazole rings is 1. The fraction of sp³-hybridized carbons (Fsp3) is 0.500. The van der Waals surface area contributed by atoms with Gasteiger partial charge in [-0.1, -0.05) is 31.9 Å². The van der Waals surface area contributed by atoms with Crippen LogP contribution in [0.25, 0.3) is 10.6 Å². The Bertz CT molecular complexity index is 1130. The normalized spacial score (nSPS) is 23.5. The van der Waals surface area contributed by atoms with Crippen LogP contribution in [-0.4, -0.2) is 49.5 Å². The van der Waals surface area contributed by atoms with Crippen LogP contribution in [0.3, 0.4) is 0 Å². The minimum absolute atomic E-state index is 0.0159. The van der Waals surface area contributed by atoms with Crippen molar-refractivity contribution in [2.24, 2.45) is 0 Å². The molecule has 2 N–H and O–H groups in total. The van der Waals surface area contributed by atoms with Crippen LogP contribution in [0.1, 0.15) is 57.3 Å². The zero-order valence-electron chi connectivity index (χ0n) is 23.3. The van der Waals surface area contributed by atoms with Crippen LogP contribution in [0.5, 0.6) is 0 Å². The zero-order chi connectivity index (χ0) is 27.3. The molecule has 0 bridgehead atoms. The Kier molecular flexibility index (Phi) is 2.86. The number of likely N-dealkylation sites (tertiary alicyclic amines) is 1. The van der Waals surface area contributed by atoms with Crippen molar-refractivity contribution in [3.63, 3.8) is 0 Å². The second-order valence-corrected chi connectivity index (χ2v) is 7.07. The number of hydrogen-bond donors (Lipinski definition) is 2. The number of rotatable bonds is 3. The van der Waals surface area contributed by atoms with E-state index >= 15 is 0 Å². The highest BCUT2D eigenvalue weighted by Crippen LogP contribution is 2.33. The van der Waals surface area contributed by atoms with Gasteiger partial charge in [-0.3, -0.25) is 5.32 Å². The number of nitrogens with one attached hydrogen (secondary N) is 1. The van der Waals surface area contributed by atoms with Gasteiger partial charge in [0.15, 0.2) is 5.13 Å². The number of aryl methyl sites for hydroxylation is 1. The predicted octanol–water partition coefficient (Wildman–Crippen LogP) is 3.29. The molecular weight excluding hydrogens is 366 g/mol. The minimum Gasteiger partial charge on any atom is -0.480 e. The number of nitrogens with zero attached hydrogens (tertiary/aromatic N) is 4. The van der Waals surface area contributed by atoms with E-state index in [2.05, 4.69) is 20.3 Å². The van der Waals surface area contributed by atoms with E-state index in [1.165, 1.54) is 11.0 Å². The third-order valence-electron chi connectivity index (χ3n) is 4.03. The molecule has 1 atom stereocenters. The van der Waals surface area contributed by atoms with Gasteiger partial charge in [0.1, 0.15) is 11.9 Å². The van der Waals surface area contributed by atoms with Crippen LogP contribution in [-0.2, 0) is 10.2 Å². The molecule has 1 saturated heterocycles. The summed E-state index contributed by atoms with van der Waals surface area (Å²) in [4.78, 5) is 37.5. The summed E-state index contributed by atoms with van der Waals surface area (Å²) in [6, 6.07) is -0.280. The second kappa shape index (κ2) is 7.22. The lowest BCUT2D eigenvalue weighted by Crippen LogP contribution is -2.42. The quantitative estimate of drug-likeness (QED) is 0.821. The molecule has 0 unspecified atom stereocenters. The number of carbonyl (C=O) groups excluding carboxylic acids is 1. The molecule has 1 aliphatic rings. The summed E-state index contributed by atoms with van der Waals surface area (Å²) >= 11 is 0.922. The molecule has 1 aliphatic heterocycles. The SMILES string of the molecule is [2H]C([2H])([2H])C(c1nccc(-c2sc(NC(=O)N3CCC[C@H]3C(=O)O)nc2C)n1)(C([2H])([2H])[2H])C([2H])([2H])[2H]. The Morgan fingerprint density at radius 1 is 1.41 bits per heavy atom. The highest BCUT2D eigenvalue weighted by atomic mass is 32.1. The van der Waals surface area contributed by atoms with Gasteiger partial charge in [0.05, 0.1) is 16.3 Å². The molecule has 0 saturated carbocycles. The molecule has 3 rings (SSSR count). The van der Waals surface area contributed by atoms with E-state index in [0.717, 1.165) is 17.5 Å². The second-order valence-electron chi connectivity index (χ2n) is 6.07. The first-order chi connectivity index (χ1) is 16.4. The standard InChI is InChI=1S/C18H23N5O3S/c1-10-13(11-7-8-19-15(21-11)18(2,3)4)27-16(20-10)22-17(26)23-9-5-6-12(23)14(24)25/h7-8,12H,5-6,9H2,1-4H3,(H,24,25)(H,20,22,26)/t12-/m0/s1/i2D3,3D3,4D3. The van der Waals surface area contributed by atoms with Crippen molar-refractivity contribution in [1.82, 2.24) is 19.9 Å². The van der Waals surface area contributed by atoms with Crippen molar-refractivity contribution in [3.05, 3.63) is 23.8 Å². The van der Waals surface area contributed by atoms with Gasteiger partial charge in [0.25, 0.3) is 0 Å². The molecule has 144 valence electrons. The van der Waals surface area contributed by atoms with Crippen LogP contribution in [0.2, 0.25) is 0 Å². The van der Waals surface area contributed by atoms with Crippen LogP contribution in [0.15, 0.2) is 12.3 Å². The van der Waals surface area contributed by atoms with E-state index < -0.39 is 49.8 Å². The number of hydrogen-bond acceptors (Lipinski definition) is 6.